The first-order valence-corrected chi connectivity index (χ1v) is 8.75. The normalized spacial score (nSPS) is 11.8. The van der Waals surface area contributed by atoms with Gasteiger partial charge in [0.15, 0.2) is 5.96 Å². The molecular formula is C12H28IN3O2S. The molecule has 116 valence electrons. The fourth-order valence-electron chi connectivity index (χ4n) is 1.43. The van der Waals surface area contributed by atoms with Gasteiger partial charge in [-0.2, -0.15) is 0 Å². The van der Waals surface area contributed by atoms with Crippen molar-refractivity contribution in [3.05, 3.63) is 0 Å². The molecule has 0 heterocycles. The van der Waals surface area contributed by atoms with Gasteiger partial charge in [0.05, 0.1) is 5.75 Å². The summed E-state index contributed by atoms with van der Waals surface area (Å²) >= 11 is 0. The Balaban J connectivity index is 0. The van der Waals surface area contributed by atoms with E-state index >= 15 is 0 Å². The van der Waals surface area contributed by atoms with E-state index in [1.54, 1.807) is 0 Å². The minimum absolute atomic E-state index is 0. The molecule has 0 atom stereocenters. The summed E-state index contributed by atoms with van der Waals surface area (Å²) in [7, 11) is -2.91. The lowest BCUT2D eigenvalue weighted by Crippen LogP contribution is -2.39. The lowest BCUT2D eigenvalue weighted by Gasteiger charge is -2.10. The Morgan fingerprint density at radius 2 is 1.79 bits per heavy atom. The Labute approximate surface area is 135 Å². The fourth-order valence-corrected chi connectivity index (χ4v) is 1.90. The van der Waals surface area contributed by atoms with Gasteiger partial charge in [-0.1, -0.05) is 26.2 Å². The van der Waals surface area contributed by atoms with Crippen molar-refractivity contribution in [2.75, 3.05) is 31.6 Å². The minimum atomic E-state index is -2.91. The lowest BCUT2D eigenvalue weighted by molar-refractivity contribution is 0.600. The van der Waals surface area contributed by atoms with Crippen molar-refractivity contribution in [2.24, 2.45) is 4.99 Å². The van der Waals surface area contributed by atoms with Crippen LogP contribution in [0.5, 0.6) is 0 Å². The Bertz CT molecular complexity index is 332. The molecule has 2 N–H and O–H groups in total. The maximum Gasteiger partial charge on any atom is 0.191 e. The van der Waals surface area contributed by atoms with Crippen LogP contribution in [0.1, 0.15) is 39.5 Å². The van der Waals surface area contributed by atoms with Gasteiger partial charge in [-0.05, 0) is 13.3 Å². The Kier molecular flexibility index (Phi) is 14.5. The quantitative estimate of drug-likeness (QED) is 0.266. The smallest absolute Gasteiger partial charge is 0.191 e. The number of nitrogens with zero attached hydrogens (tertiary/aromatic N) is 1. The largest absolute Gasteiger partial charge is 0.357 e. The maximum atomic E-state index is 11.0. The number of unbranched alkanes of at least 4 members (excludes halogenated alkanes) is 3. The first-order valence-electron chi connectivity index (χ1n) is 6.69. The van der Waals surface area contributed by atoms with Crippen LogP contribution in [-0.2, 0) is 9.84 Å². The topological polar surface area (TPSA) is 70.6 Å². The Morgan fingerprint density at radius 1 is 1.11 bits per heavy atom. The molecule has 0 radical (unpaired) electrons. The summed E-state index contributed by atoms with van der Waals surface area (Å²) in [5.74, 6) is 0.838. The number of nitrogens with one attached hydrogen (secondary N) is 2. The number of aliphatic imine (C=N–C) groups is 1. The van der Waals surface area contributed by atoms with Crippen LogP contribution >= 0.6 is 24.0 Å². The Hall–Kier alpha value is -0.0500. The standard InChI is InChI=1S/C12H27N3O2S.HI/c1-4-6-7-8-9-14-12(13-5-2)15-10-11-18(3,16)17;/h4-11H2,1-3H3,(H2,13,14,15);1H. The van der Waals surface area contributed by atoms with Crippen LogP contribution < -0.4 is 10.6 Å². The molecule has 0 amide bonds. The number of hydrogen-bond donors (Lipinski definition) is 2. The summed E-state index contributed by atoms with van der Waals surface area (Å²) in [6.07, 6.45) is 5.98. The molecule has 0 aromatic heterocycles. The van der Waals surface area contributed by atoms with E-state index in [1.165, 1.54) is 25.5 Å². The van der Waals surface area contributed by atoms with Gasteiger partial charge >= 0.3 is 0 Å². The molecule has 0 rings (SSSR count). The fraction of sp³-hybridized carbons (Fsp3) is 0.917. The molecule has 0 aliphatic heterocycles. The molecule has 0 saturated heterocycles. The highest BCUT2D eigenvalue weighted by atomic mass is 127. The third-order valence-corrected chi connectivity index (χ3v) is 3.34. The first kappa shape index (κ1) is 21.3. The van der Waals surface area contributed by atoms with Gasteiger partial charge in [0.2, 0.25) is 0 Å². The molecule has 0 fully saturated rings. The monoisotopic (exact) mass is 405 g/mol. The van der Waals surface area contributed by atoms with Crippen LogP contribution in [0.4, 0.5) is 0 Å². The van der Waals surface area contributed by atoms with E-state index in [2.05, 4.69) is 22.5 Å². The van der Waals surface area contributed by atoms with Crippen LogP contribution in [-0.4, -0.2) is 46.0 Å². The van der Waals surface area contributed by atoms with Crippen LogP contribution in [0.25, 0.3) is 0 Å². The molecule has 7 heteroatoms. The maximum absolute atomic E-state index is 11.0. The summed E-state index contributed by atoms with van der Waals surface area (Å²) in [5.41, 5.74) is 0. The molecule has 0 spiro atoms. The van der Waals surface area contributed by atoms with Gasteiger partial charge in [-0.3, -0.25) is 4.99 Å². The van der Waals surface area contributed by atoms with E-state index in [-0.39, 0.29) is 29.7 Å². The minimum Gasteiger partial charge on any atom is -0.357 e. The van der Waals surface area contributed by atoms with Gasteiger partial charge in [-0.15, -0.1) is 24.0 Å². The van der Waals surface area contributed by atoms with Crippen molar-refractivity contribution >= 4 is 39.8 Å². The summed E-state index contributed by atoms with van der Waals surface area (Å²) in [4.78, 5) is 4.40. The first-order chi connectivity index (χ1) is 8.49. The second-order valence-electron chi connectivity index (χ2n) is 4.38. The lowest BCUT2D eigenvalue weighted by atomic mass is 10.2. The molecule has 0 saturated carbocycles. The van der Waals surface area contributed by atoms with Gasteiger partial charge in [0, 0.05) is 25.9 Å². The van der Waals surface area contributed by atoms with Crippen LogP contribution in [0.15, 0.2) is 4.99 Å². The summed E-state index contributed by atoms with van der Waals surface area (Å²) in [6.45, 7) is 6.14. The van der Waals surface area contributed by atoms with E-state index < -0.39 is 9.84 Å². The van der Waals surface area contributed by atoms with E-state index in [9.17, 15) is 8.42 Å². The average molecular weight is 405 g/mol. The number of halogens is 1. The van der Waals surface area contributed by atoms with Crippen molar-refractivity contribution in [2.45, 2.75) is 39.5 Å². The van der Waals surface area contributed by atoms with Crippen LogP contribution in [0.2, 0.25) is 0 Å². The van der Waals surface area contributed by atoms with Crippen molar-refractivity contribution in [1.29, 1.82) is 0 Å². The molecule has 19 heavy (non-hydrogen) atoms. The molecule has 0 aromatic carbocycles. The van der Waals surface area contributed by atoms with Crippen LogP contribution in [0, 0.1) is 0 Å². The average Bonchev–Trinajstić information content (AvgIpc) is 2.27. The van der Waals surface area contributed by atoms with Crippen molar-refractivity contribution in [1.82, 2.24) is 10.6 Å². The second-order valence-corrected chi connectivity index (χ2v) is 6.64. The van der Waals surface area contributed by atoms with Gasteiger partial charge < -0.3 is 10.6 Å². The Morgan fingerprint density at radius 3 is 2.32 bits per heavy atom. The summed E-state index contributed by atoms with van der Waals surface area (Å²) in [5, 5.41) is 6.13. The predicted octanol–water partition coefficient (Wildman–Crippen LogP) is 1.78. The van der Waals surface area contributed by atoms with E-state index in [4.69, 9.17) is 0 Å². The second kappa shape index (κ2) is 13.0. The van der Waals surface area contributed by atoms with Crippen molar-refractivity contribution in [3.8, 4) is 0 Å². The van der Waals surface area contributed by atoms with Crippen molar-refractivity contribution in [3.63, 3.8) is 0 Å². The van der Waals surface area contributed by atoms with Crippen molar-refractivity contribution < 1.29 is 8.42 Å². The highest BCUT2D eigenvalue weighted by Crippen LogP contribution is 1.98. The summed E-state index contributed by atoms with van der Waals surface area (Å²) in [6, 6.07) is 0. The van der Waals surface area contributed by atoms with Gasteiger partial charge in [0.1, 0.15) is 9.84 Å². The summed E-state index contributed by atoms with van der Waals surface area (Å²) < 4.78 is 22.0. The zero-order valence-electron chi connectivity index (χ0n) is 12.2. The van der Waals surface area contributed by atoms with Crippen LogP contribution in [0.3, 0.4) is 0 Å². The third kappa shape index (κ3) is 15.9. The molecule has 5 nitrogen and oxygen atoms in total. The molecule has 0 bridgehead atoms. The zero-order chi connectivity index (χ0) is 13.9. The van der Waals surface area contributed by atoms with E-state index in [1.807, 2.05) is 6.92 Å². The number of hydrogen-bond acceptors (Lipinski definition) is 3. The number of sulfone groups is 1. The van der Waals surface area contributed by atoms with E-state index in [0.29, 0.717) is 12.5 Å². The van der Waals surface area contributed by atoms with Gasteiger partial charge in [0.25, 0.3) is 0 Å². The number of guanidine groups is 1. The highest BCUT2D eigenvalue weighted by molar-refractivity contribution is 14.0. The molecular weight excluding hydrogens is 377 g/mol. The molecule has 0 aromatic rings. The third-order valence-electron chi connectivity index (χ3n) is 2.39. The highest BCUT2D eigenvalue weighted by Gasteiger charge is 2.02. The molecule has 0 aliphatic carbocycles. The zero-order valence-corrected chi connectivity index (χ0v) is 15.4. The predicted molar refractivity (Wildman–Crippen MR) is 93.2 cm³/mol. The number of rotatable bonds is 9. The molecule has 0 aliphatic rings. The SMILES string of the molecule is CCCCCCN=C(NCC)NCCS(C)(=O)=O.I. The van der Waals surface area contributed by atoms with E-state index in [0.717, 1.165) is 19.5 Å². The van der Waals surface area contributed by atoms with Gasteiger partial charge in [-0.25, -0.2) is 8.42 Å². The molecule has 0 unspecified atom stereocenters.